The van der Waals surface area contributed by atoms with Crippen molar-refractivity contribution in [3.8, 4) is 6.07 Å². The number of imide groups is 1. The topological polar surface area (TPSA) is 119 Å². The fourth-order valence-corrected chi connectivity index (χ4v) is 11.0. The van der Waals surface area contributed by atoms with Crippen molar-refractivity contribution in [2.24, 2.45) is 11.3 Å². The number of H-pyrrole nitrogens is 1. The molecule has 5 aliphatic heterocycles. The van der Waals surface area contributed by atoms with Gasteiger partial charge in [-0.2, -0.15) is 5.26 Å². The molecule has 1 unspecified atom stereocenters. The number of hydrogen-bond donors (Lipinski definition) is 2. The quantitative estimate of drug-likeness (QED) is 0.215. The van der Waals surface area contributed by atoms with Crippen molar-refractivity contribution in [1.29, 1.82) is 5.26 Å². The summed E-state index contributed by atoms with van der Waals surface area (Å²) in [6.07, 6.45) is 9.58. The van der Waals surface area contributed by atoms with E-state index in [9.17, 15) is 24.0 Å². The van der Waals surface area contributed by atoms with Crippen LogP contribution in [0.3, 0.4) is 0 Å². The van der Waals surface area contributed by atoms with Gasteiger partial charge >= 0.3 is 0 Å². The Morgan fingerprint density at radius 1 is 0.810 bits per heavy atom. The van der Waals surface area contributed by atoms with E-state index in [1.165, 1.54) is 49.5 Å². The van der Waals surface area contributed by atoms with Crippen LogP contribution >= 0.6 is 0 Å². The van der Waals surface area contributed by atoms with Crippen molar-refractivity contribution in [3.63, 3.8) is 0 Å². The van der Waals surface area contributed by atoms with Gasteiger partial charge in [-0.25, -0.2) is 4.39 Å². The van der Waals surface area contributed by atoms with E-state index in [0.717, 1.165) is 88.1 Å². The summed E-state index contributed by atoms with van der Waals surface area (Å²) in [4.78, 5) is 52.0. The molecular weight excluding hydrogens is 732 g/mol. The number of hydrogen-bond acceptors (Lipinski definition) is 8. The van der Waals surface area contributed by atoms with E-state index in [1.54, 1.807) is 11.1 Å². The number of piperazine rings is 1. The smallest absolute Gasteiger partial charge is 0.255 e. The number of aromatic nitrogens is 1. The SMILES string of the molecule is N#Cc1c[nH]c2c(N3CCC(c4ccc(N5CC6(CCC(CN7CCN(c8ccc9c(c8)CN(C8CCC(=O)NC8=O)C9=O)CC7)CC6)C5)cc4)CC3)ccc(F)c12. The van der Waals surface area contributed by atoms with E-state index in [2.05, 4.69) is 66.3 Å². The minimum Gasteiger partial charge on any atom is -0.370 e. The third-order valence-corrected chi connectivity index (χ3v) is 14.4. The first-order valence-corrected chi connectivity index (χ1v) is 21.3. The number of carbonyl (C=O) groups excluding carboxylic acids is 3. The second-order valence-electron chi connectivity index (χ2n) is 17.8. The van der Waals surface area contributed by atoms with Gasteiger partial charge in [0.25, 0.3) is 5.91 Å². The third-order valence-electron chi connectivity index (χ3n) is 14.4. The number of amides is 3. The highest BCUT2D eigenvalue weighted by atomic mass is 19.1. The minimum absolute atomic E-state index is 0.120. The van der Waals surface area contributed by atoms with Crippen molar-refractivity contribution < 1.29 is 18.8 Å². The lowest BCUT2D eigenvalue weighted by Crippen LogP contribution is -2.58. The summed E-state index contributed by atoms with van der Waals surface area (Å²) in [6.45, 7) is 9.71. The summed E-state index contributed by atoms with van der Waals surface area (Å²) in [5.74, 6) is 0.154. The number of carbonyl (C=O) groups is 3. The highest BCUT2D eigenvalue weighted by Gasteiger charge is 2.45. The molecule has 2 N–H and O–H groups in total. The molecule has 1 spiro atoms. The van der Waals surface area contributed by atoms with E-state index >= 15 is 0 Å². The van der Waals surface area contributed by atoms with Gasteiger partial charge in [-0.15, -0.1) is 0 Å². The second kappa shape index (κ2) is 14.8. The first-order valence-electron chi connectivity index (χ1n) is 21.3. The molecule has 4 saturated heterocycles. The Hall–Kier alpha value is -5.41. The van der Waals surface area contributed by atoms with Gasteiger partial charge in [0.05, 0.1) is 22.2 Å². The molecule has 11 nitrogen and oxygen atoms in total. The number of halogens is 1. The molecule has 12 heteroatoms. The summed E-state index contributed by atoms with van der Waals surface area (Å²) in [6, 6.07) is 20.3. The first-order chi connectivity index (χ1) is 28.2. The third kappa shape index (κ3) is 6.67. The van der Waals surface area contributed by atoms with Crippen LogP contribution in [-0.4, -0.2) is 97.4 Å². The molecular formula is C46H51FN8O3. The van der Waals surface area contributed by atoms with Crippen molar-refractivity contribution in [2.75, 3.05) is 73.6 Å². The molecule has 0 radical (unpaired) electrons. The molecule has 6 aliphatic rings. The molecule has 6 heterocycles. The average molecular weight is 783 g/mol. The Morgan fingerprint density at radius 3 is 2.28 bits per heavy atom. The van der Waals surface area contributed by atoms with E-state index in [1.807, 2.05) is 18.2 Å². The summed E-state index contributed by atoms with van der Waals surface area (Å²) in [5, 5.41) is 12.2. The van der Waals surface area contributed by atoms with Crippen LogP contribution in [0.5, 0.6) is 0 Å². The zero-order chi connectivity index (χ0) is 39.5. The maximum Gasteiger partial charge on any atom is 0.255 e. The van der Waals surface area contributed by atoms with Gasteiger partial charge in [0.1, 0.15) is 17.9 Å². The number of rotatable bonds is 7. The number of nitrogens with one attached hydrogen (secondary N) is 2. The number of nitriles is 1. The van der Waals surface area contributed by atoms with Crippen LogP contribution in [0.2, 0.25) is 0 Å². The molecule has 58 heavy (non-hydrogen) atoms. The number of anilines is 3. The van der Waals surface area contributed by atoms with Crippen LogP contribution < -0.4 is 20.0 Å². The maximum absolute atomic E-state index is 14.5. The van der Waals surface area contributed by atoms with E-state index in [0.29, 0.717) is 46.3 Å². The Bertz CT molecular complexity index is 2290. The van der Waals surface area contributed by atoms with Crippen molar-refractivity contribution >= 4 is 45.7 Å². The second-order valence-corrected chi connectivity index (χ2v) is 17.8. The molecule has 1 aliphatic carbocycles. The lowest BCUT2D eigenvalue weighted by molar-refractivity contribution is -0.136. The van der Waals surface area contributed by atoms with Crippen LogP contribution in [-0.2, 0) is 16.1 Å². The van der Waals surface area contributed by atoms with Crippen LogP contribution in [0.25, 0.3) is 10.9 Å². The van der Waals surface area contributed by atoms with E-state index in [4.69, 9.17) is 0 Å². The van der Waals surface area contributed by atoms with Crippen LogP contribution in [0.1, 0.15) is 84.3 Å². The lowest BCUT2D eigenvalue weighted by Gasteiger charge is -2.55. The number of benzene rings is 3. The largest absolute Gasteiger partial charge is 0.370 e. The predicted octanol–water partition coefficient (Wildman–Crippen LogP) is 6.14. The average Bonchev–Trinajstić information content (AvgIpc) is 3.82. The first kappa shape index (κ1) is 36.9. The Morgan fingerprint density at radius 2 is 1.55 bits per heavy atom. The zero-order valence-electron chi connectivity index (χ0n) is 33.0. The van der Waals surface area contributed by atoms with Gasteiger partial charge in [-0.1, -0.05) is 12.1 Å². The highest BCUT2D eigenvalue weighted by molar-refractivity contribution is 6.05. The van der Waals surface area contributed by atoms with Gasteiger partial charge < -0.3 is 24.6 Å². The standard InChI is InChI=1S/C46H51FN8O3/c47-38-7-8-39(43-42(38)34(24-48)25-49-43)53-17-13-32(14-18-53)31-1-3-35(4-2-31)54-28-46(29-54)15-11-30(12-16-46)26-51-19-21-52(22-20-51)36-5-6-37-33(23-36)27-55(45(37)58)40-9-10-41(56)50-44(40)57/h1-8,23,25,30,32,40,49H,9-22,26-29H2,(H,50,56,57). The summed E-state index contributed by atoms with van der Waals surface area (Å²) >= 11 is 0. The predicted molar refractivity (Wildman–Crippen MR) is 221 cm³/mol. The molecule has 10 rings (SSSR count). The van der Waals surface area contributed by atoms with Crippen LogP contribution in [0.4, 0.5) is 21.5 Å². The van der Waals surface area contributed by atoms with Gasteiger partial charge in [-0.3, -0.25) is 24.6 Å². The van der Waals surface area contributed by atoms with Gasteiger partial charge in [0, 0.05) is 100 Å². The summed E-state index contributed by atoms with van der Waals surface area (Å²) < 4.78 is 14.5. The molecule has 3 aromatic carbocycles. The fourth-order valence-electron chi connectivity index (χ4n) is 11.0. The monoisotopic (exact) mass is 782 g/mol. The zero-order valence-corrected chi connectivity index (χ0v) is 33.0. The van der Waals surface area contributed by atoms with E-state index in [-0.39, 0.29) is 30.0 Å². The van der Waals surface area contributed by atoms with Crippen LogP contribution in [0, 0.1) is 28.5 Å². The number of aromatic amines is 1. The summed E-state index contributed by atoms with van der Waals surface area (Å²) in [5.41, 5.74) is 8.01. The summed E-state index contributed by atoms with van der Waals surface area (Å²) in [7, 11) is 0. The molecule has 1 aromatic heterocycles. The van der Waals surface area contributed by atoms with Gasteiger partial charge in [-0.05, 0) is 110 Å². The molecule has 5 fully saturated rings. The van der Waals surface area contributed by atoms with Crippen molar-refractivity contribution in [3.05, 3.63) is 88.9 Å². The number of piperidine rings is 2. The molecule has 1 atom stereocenters. The minimum atomic E-state index is -0.585. The van der Waals surface area contributed by atoms with Gasteiger partial charge in [0.15, 0.2) is 0 Å². The Balaban J connectivity index is 0.661. The molecule has 0 bridgehead atoms. The highest BCUT2D eigenvalue weighted by Crippen LogP contribution is 2.47. The van der Waals surface area contributed by atoms with E-state index < -0.39 is 6.04 Å². The normalized spacial score (nSPS) is 23.0. The van der Waals surface area contributed by atoms with Crippen LogP contribution in [0.15, 0.2) is 60.8 Å². The van der Waals surface area contributed by atoms with Crippen molar-refractivity contribution in [1.82, 2.24) is 20.1 Å². The molecule has 300 valence electrons. The fraction of sp³-hybridized carbons (Fsp3) is 0.478. The Kier molecular flexibility index (Phi) is 9.39. The molecule has 1 saturated carbocycles. The Labute approximate surface area is 338 Å². The number of nitrogens with zero attached hydrogens (tertiary/aromatic N) is 6. The molecule has 3 amide bonds. The van der Waals surface area contributed by atoms with Crippen molar-refractivity contribution in [2.45, 2.75) is 69.9 Å². The maximum atomic E-state index is 14.5. The number of fused-ring (bicyclic) bond motifs is 2. The molecule has 4 aromatic rings. The van der Waals surface area contributed by atoms with Gasteiger partial charge in [0.2, 0.25) is 11.8 Å². The lowest BCUT2D eigenvalue weighted by atomic mass is 9.65.